The topological polar surface area (TPSA) is 49.6 Å². The van der Waals surface area contributed by atoms with Gasteiger partial charge in [-0.25, -0.2) is 4.98 Å². The molecule has 0 aromatic carbocycles. The Balaban J connectivity index is 2.03. The molecular weight excluding hydrogens is 202 g/mol. The van der Waals surface area contributed by atoms with Gasteiger partial charge in [0.25, 0.3) is 0 Å². The Labute approximate surface area is 93.9 Å². The fourth-order valence-corrected chi connectivity index (χ4v) is 2.34. The van der Waals surface area contributed by atoms with E-state index in [0.717, 1.165) is 24.3 Å². The molecule has 1 atom stereocenters. The largest absolute Gasteiger partial charge is 0.508 e. The Hall–Kier alpha value is -1.55. The second-order valence-corrected chi connectivity index (χ2v) is 4.30. The van der Waals surface area contributed by atoms with Crippen molar-refractivity contribution < 1.29 is 5.11 Å². The summed E-state index contributed by atoms with van der Waals surface area (Å²) in [4.78, 5) is 4.45. The van der Waals surface area contributed by atoms with Crippen LogP contribution in [0.3, 0.4) is 0 Å². The molecule has 3 heterocycles. The highest BCUT2D eigenvalue weighted by molar-refractivity contribution is 5.50. The predicted molar refractivity (Wildman–Crippen MR) is 61.5 cm³/mol. The molecule has 2 aromatic rings. The minimum Gasteiger partial charge on any atom is -0.508 e. The summed E-state index contributed by atoms with van der Waals surface area (Å²) in [5.74, 6) is 1.34. The quantitative estimate of drug-likeness (QED) is 0.766. The summed E-state index contributed by atoms with van der Waals surface area (Å²) in [6.07, 6.45) is 7.33. The molecule has 0 spiro atoms. The lowest BCUT2D eigenvalue weighted by Gasteiger charge is -2.22. The third-order valence-corrected chi connectivity index (χ3v) is 3.17. The Morgan fingerprint density at radius 3 is 3.19 bits per heavy atom. The third-order valence-electron chi connectivity index (χ3n) is 3.17. The summed E-state index contributed by atoms with van der Waals surface area (Å²) in [6.45, 7) is 1.07. The van der Waals surface area contributed by atoms with E-state index in [2.05, 4.69) is 10.3 Å². The molecule has 1 aliphatic rings. The van der Waals surface area contributed by atoms with Gasteiger partial charge < -0.3 is 14.8 Å². The maximum Gasteiger partial charge on any atom is 0.130 e. The van der Waals surface area contributed by atoms with Gasteiger partial charge in [0.2, 0.25) is 0 Å². The average molecular weight is 217 g/mol. The van der Waals surface area contributed by atoms with Crippen molar-refractivity contribution in [2.75, 3.05) is 6.54 Å². The van der Waals surface area contributed by atoms with Crippen LogP contribution in [0.1, 0.15) is 31.1 Å². The maximum absolute atomic E-state index is 9.39. The number of pyridine rings is 1. The van der Waals surface area contributed by atoms with Crippen molar-refractivity contribution in [3.8, 4) is 5.75 Å². The zero-order valence-corrected chi connectivity index (χ0v) is 9.06. The van der Waals surface area contributed by atoms with E-state index in [4.69, 9.17) is 0 Å². The van der Waals surface area contributed by atoms with Crippen molar-refractivity contribution in [2.45, 2.75) is 25.3 Å². The molecule has 3 rings (SSSR count). The van der Waals surface area contributed by atoms with Crippen LogP contribution in [0, 0.1) is 0 Å². The van der Waals surface area contributed by atoms with Gasteiger partial charge in [-0.3, -0.25) is 0 Å². The highest BCUT2D eigenvalue weighted by atomic mass is 16.3. The van der Waals surface area contributed by atoms with Gasteiger partial charge in [0.15, 0.2) is 0 Å². The van der Waals surface area contributed by atoms with E-state index in [9.17, 15) is 5.11 Å². The molecule has 4 heteroatoms. The lowest BCUT2D eigenvalue weighted by atomic mass is 10.0. The first kappa shape index (κ1) is 9.66. The molecule has 0 amide bonds. The van der Waals surface area contributed by atoms with Crippen molar-refractivity contribution in [1.82, 2.24) is 14.7 Å². The molecule has 0 aliphatic carbocycles. The predicted octanol–water partition coefficient (Wildman–Crippen LogP) is 1.85. The zero-order valence-electron chi connectivity index (χ0n) is 9.06. The van der Waals surface area contributed by atoms with E-state index in [1.165, 1.54) is 12.8 Å². The first-order valence-corrected chi connectivity index (χ1v) is 5.74. The van der Waals surface area contributed by atoms with E-state index in [1.807, 2.05) is 16.8 Å². The van der Waals surface area contributed by atoms with Gasteiger partial charge in [0.1, 0.15) is 11.6 Å². The summed E-state index contributed by atoms with van der Waals surface area (Å²) in [5.41, 5.74) is 0.947. The van der Waals surface area contributed by atoms with Gasteiger partial charge in [-0.15, -0.1) is 0 Å². The van der Waals surface area contributed by atoms with Gasteiger partial charge in [-0.2, -0.15) is 0 Å². The van der Waals surface area contributed by atoms with Crippen LogP contribution in [-0.2, 0) is 0 Å². The number of hydrogen-bond donors (Lipinski definition) is 2. The van der Waals surface area contributed by atoms with Crippen molar-refractivity contribution in [3.05, 3.63) is 30.4 Å². The zero-order chi connectivity index (χ0) is 11.0. The van der Waals surface area contributed by atoms with Gasteiger partial charge in [0, 0.05) is 12.3 Å². The van der Waals surface area contributed by atoms with E-state index in [0.29, 0.717) is 6.04 Å². The number of piperidine rings is 1. The van der Waals surface area contributed by atoms with E-state index >= 15 is 0 Å². The van der Waals surface area contributed by atoms with Crippen LogP contribution < -0.4 is 5.32 Å². The molecule has 1 fully saturated rings. The van der Waals surface area contributed by atoms with Crippen molar-refractivity contribution in [3.63, 3.8) is 0 Å². The molecule has 2 aromatic heterocycles. The summed E-state index contributed by atoms with van der Waals surface area (Å²) >= 11 is 0. The number of aromatic hydroxyl groups is 1. The van der Waals surface area contributed by atoms with E-state index in [1.54, 1.807) is 12.1 Å². The van der Waals surface area contributed by atoms with Crippen LogP contribution in [0.15, 0.2) is 24.5 Å². The third kappa shape index (κ3) is 1.55. The lowest BCUT2D eigenvalue weighted by Crippen LogP contribution is -2.28. The van der Waals surface area contributed by atoms with E-state index < -0.39 is 0 Å². The molecule has 4 nitrogen and oxygen atoms in total. The summed E-state index contributed by atoms with van der Waals surface area (Å²) in [7, 11) is 0. The fraction of sp³-hybridized carbons (Fsp3) is 0.417. The monoisotopic (exact) mass is 217 g/mol. The molecule has 0 radical (unpaired) electrons. The second-order valence-electron chi connectivity index (χ2n) is 4.30. The Morgan fingerprint density at radius 2 is 2.38 bits per heavy atom. The standard InChI is InChI=1S/C12H15N3O/c16-10-4-6-15-9(7-10)8-14-12(15)11-3-1-2-5-13-11/h4,6-8,11,13,16H,1-3,5H2. The normalized spacial score (nSPS) is 21.4. The van der Waals surface area contributed by atoms with Crippen LogP contribution >= 0.6 is 0 Å². The Morgan fingerprint density at radius 1 is 1.44 bits per heavy atom. The molecule has 16 heavy (non-hydrogen) atoms. The first-order valence-electron chi connectivity index (χ1n) is 5.74. The number of nitrogens with zero attached hydrogens (tertiary/aromatic N) is 2. The summed E-state index contributed by atoms with van der Waals surface area (Å²) < 4.78 is 2.04. The molecule has 0 bridgehead atoms. The molecular formula is C12H15N3O. The molecule has 84 valence electrons. The average Bonchev–Trinajstić information content (AvgIpc) is 2.73. The SMILES string of the molecule is Oc1ccn2c(C3CCCCN3)ncc2c1. The number of imidazole rings is 1. The van der Waals surface area contributed by atoms with Crippen LogP contribution in [-0.4, -0.2) is 21.0 Å². The van der Waals surface area contributed by atoms with Crippen LogP contribution in [0.2, 0.25) is 0 Å². The minimum absolute atomic E-state index is 0.288. The Kier molecular flexibility index (Phi) is 2.29. The number of fused-ring (bicyclic) bond motifs is 1. The van der Waals surface area contributed by atoms with Gasteiger partial charge in [-0.05, 0) is 25.5 Å². The second kappa shape index (κ2) is 3.79. The molecule has 1 unspecified atom stereocenters. The van der Waals surface area contributed by atoms with Crippen LogP contribution in [0.25, 0.3) is 5.52 Å². The highest BCUT2D eigenvalue weighted by Gasteiger charge is 2.18. The van der Waals surface area contributed by atoms with Gasteiger partial charge >= 0.3 is 0 Å². The maximum atomic E-state index is 9.39. The smallest absolute Gasteiger partial charge is 0.130 e. The number of nitrogens with one attached hydrogen (secondary N) is 1. The van der Waals surface area contributed by atoms with E-state index in [-0.39, 0.29) is 5.75 Å². The molecule has 0 saturated carbocycles. The van der Waals surface area contributed by atoms with Crippen LogP contribution in [0.4, 0.5) is 0 Å². The van der Waals surface area contributed by atoms with Gasteiger partial charge in [-0.1, -0.05) is 6.42 Å². The van der Waals surface area contributed by atoms with Gasteiger partial charge in [0.05, 0.1) is 17.8 Å². The summed E-state index contributed by atoms with van der Waals surface area (Å²) in [5, 5.41) is 12.9. The van der Waals surface area contributed by atoms with Crippen LogP contribution in [0.5, 0.6) is 5.75 Å². The summed E-state index contributed by atoms with van der Waals surface area (Å²) in [6, 6.07) is 3.78. The van der Waals surface area contributed by atoms with Crippen molar-refractivity contribution in [1.29, 1.82) is 0 Å². The molecule has 2 N–H and O–H groups in total. The van der Waals surface area contributed by atoms with Crippen molar-refractivity contribution >= 4 is 5.52 Å². The lowest BCUT2D eigenvalue weighted by molar-refractivity contribution is 0.396. The molecule has 1 aliphatic heterocycles. The first-order chi connectivity index (χ1) is 7.84. The number of rotatable bonds is 1. The minimum atomic E-state index is 0.288. The number of aromatic nitrogens is 2. The highest BCUT2D eigenvalue weighted by Crippen LogP contribution is 2.24. The Bertz CT molecular complexity index is 500. The number of hydrogen-bond acceptors (Lipinski definition) is 3. The van der Waals surface area contributed by atoms with Crippen molar-refractivity contribution in [2.24, 2.45) is 0 Å². The fourth-order valence-electron chi connectivity index (χ4n) is 2.34. The molecule has 1 saturated heterocycles.